The Hall–Kier alpha value is -3.75. The second kappa shape index (κ2) is 13.2. The van der Waals surface area contributed by atoms with Crippen molar-refractivity contribution in [1.82, 2.24) is 14.9 Å². The molecule has 2 amide bonds. The molecule has 0 aromatic heterocycles. The zero-order valence-corrected chi connectivity index (χ0v) is 22.0. The number of benzene rings is 3. The lowest BCUT2D eigenvalue weighted by Gasteiger charge is -2.45. The Balaban J connectivity index is 1.56. The summed E-state index contributed by atoms with van der Waals surface area (Å²) in [6.07, 6.45) is 0.392. The molecule has 0 aliphatic carbocycles. The van der Waals surface area contributed by atoms with Gasteiger partial charge in [-0.2, -0.15) is 5.06 Å². The Kier molecular flexibility index (Phi) is 9.46. The minimum absolute atomic E-state index is 0.0495. The van der Waals surface area contributed by atoms with Crippen LogP contribution in [0.25, 0.3) is 10.8 Å². The van der Waals surface area contributed by atoms with Crippen molar-refractivity contribution in [2.45, 2.75) is 51.6 Å². The number of hydrogen-bond donors (Lipinski definition) is 0. The Morgan fingerprint density at radius 3 is 2.55 bits per heavy atom. The van der Waals surface area contributed by atoms with Crippen LogP contribution in [0.4, 0.5) is 4.79 Å². The van der Waals surface area contributed by atoms with Crippen LogP contribution in [-0.4, -0.2) is 65.6 Å². The van der Waals surface area contributed by atoms with Crippen LogP contribution in [0.5, 0.6) is 0 Å². The Morgan fingerprint density at radius 1 is 1.05 bits per heavy atom. The van der Waals surface area contributed by atoms with E-state index in [2.05, 4.69) is 0 Å². The van der Waals surface area contributed by atoms with Crippen molar-refractivity contribution in [2.24, 2.45) is 0 Å². The third-order valence-electron chi connectivity index (χ3n) is 6.70. The molecular formula is C30H35N3O5. The quantitative estimate of drug-likeness (QED) is 0.341. The number of amides is 2. The van der Waals surface area contributed by atoms with E-state index in [9.17, 15) is 14.4 Å². The van der Waals surface area contributed by atoms with Gasteiger partial charge in [0.05, 0.1) is 6.54 Å². The molecule has 1 aliphatic rings. The molecule has 1 saturated heterocycles. The van der Waals surface area contributed by atoms with Crippen LogP contribution in [0.15, 0.2) is 72.8 Å². The van der Waals surface area contributed by atoms with E-state index in [1.54, 1.807) is 0 Å². The van der Waals surface area contributed by atoms with Crippen LogP contribution >= 0.6 is 0 Å². The molecule has 200 valence electrons. The van der Waals surface area contributed by atoms with Crippen molar-refractivity contribution >= 4 is 29.1 Å². The summed E-state index contributed by atoms with van der Waals surface area (Å²) in [6, 6.07) is 23.7. The van der Waals surface area contributed by atoms with E-state index in [4.69, 9.17) is 9.57 Å². The first kappa shape index (κ1) is 27.3. The first-order valence-electron chi connectivity index (χ1n) is 13.1. The third-order valence-corrected chi connectivity index (χ3v) is 6.70. The van der Waals surface area contributed by atoms with Crippen molar-refractivity contribution in [2.75, 3.05) is 20.1 Å². The molecular weight excluding hydrogens is 482 g/mol. The van der Waals surface area contributed by atoms with Crippen molar-refractivity contribution in [3.8, 4) is 0 Å². The lowest BCUT2D eigenvalue weighted by Crippen LogP contribution is -2.65. The van der Waals surface area contributed by atoms with Gasteiger partial charge in [-0.25, -0.2) is 4.79 Å². The molecule has 0 spiro atoms. The van der Waals surface area contributed by atoms with Crippen LogP contribution in [0.3, 0.4) is 0 Å². The van der Waals surface area contributed by atoms with E-state index in [0.717, 1.165) is 39.8 Å². The highest BCUT2D eigenvalue weighted by atomic mass is 16.7. The number of hydrogen-bond acceptors (Lipinski definition) is 6. The number of likely N-dealkylation sites (N-methyl/N-ethyl adjacent to an activating group) is 1. The summed E-state index contributed by atoms with van der Waals surface area (Å²) in [7, 11) is 1.90. The summed E-state index contributed by atoms with van der Waals surface area (Å²) in [6.45, 7) is 2.81. The molecule has 0 radical (unpaired) electrons. The van der Waals surface area contributed by atoms with Gasteiger partial charge in [-0.15, -0.1) is 0 Å². The van der Waals surface area contributed by atoms with Crippen LogP contribution in [0, 0.1) is 0 Å². The maximum atomic E-state index is 13.5. The second-order valence-electron chi connectivity index (χ2n) is 9.58. The zero-order valence-electron chi connectivity index (χ0n) is 22.0. The van der Waals surface area contributed by atoms with Crippen LogP contribution in [-0.2, 0) is 32.3 Å². The lowest BCUT2D eigenvalue weighted by atomic mass is 10.1. The summed E-state index contributed by atoms with van der Waals surface area (Å²) < 4.78 is 5.74. The number of unbranched alkanes of at least 4 members (excludes halogenated alkanes) is 1. The summed E-state index contributed by atoms with van der Waals surface area (Å²) in [5.41, 5.74) is 1.96. The maximum Gasteiger partial charge on any atom is 0.436 e. The smallest absolute Gasteiger partial charge is 0.436 e. The van der Waals surface area contributed by atoms with Crippen LogP contribution < -0.4 is 0 Å². The van der Waals surface area contributed by atoms with E-state index < -0.39 is 18.4 Å². The van der Waals surface area contributed by atoms with Crippen LogP contribution in [0.2, 0.25) is 0 Å². The van der Waals surface area contributed by atoms with Gasteiger partial charge in [-0.3, -0.25) is 14.5 Å². The SMILES string of the molecule is CCCCC1ON(C(=O)OCc2cccc3ccccc23)C(CN(C)Cc2ccccc2)N(CC=O)C1=O. The highest BCUT2D eigenvalue weighted by molar-refractivity contribution is 5.86. The number of hydroxylamine groups is 2. The number of nitrogens with zero attached hydrogens (tertiary/aromatic N) is 3. The Bertz CT molecular complexity index is 1230. The molecule has 2 unspecified atom stereocenters. The van der Waals surface area contributed by atoms with Gasteiger partial charge in [0.25, 0.3) is 5.91 Å². The summed E-state index contributed by atoms with van der Waals surface area (Å²) >= 11 is 0. The number of fused-ring (bicyclic) bond motifs is 1. The number of carbonyl (C=O) groups is 3. The third kappa shape index (κ3) is 6.57. The number of carbonyl (C=O) groups excluding carboxylic acids is 3. The topological polar surface area (TPSA) is 79.4 Å². The zero-order chi connectivity index (χ0) is 26.9. The maximum absolute atomic E-state index is 13.5. The molecule has 3 aromatic rings. The molecule has 1 aliphatic heterocycles. The van der Waals surface area contributed by atoms with Gasteiger partial charge in [0.2, 0.25) is 0 Å². The van der Waals surface area contributed by atoms with E-state index >= 15 is 0 Å². The molecule has 0 saturated carbocycles. The minimum Gasteiger partial charge on any atom is -0.443 e. The molecule has 1 heterocycles. The molecule has 1 fully saturated rings. The fraction of sp³-hybridized carbons (Fsp3) is 0.367. The van der Waals surface area contributed by atoms with Gasteiger partial charge in [-0.1, -0.05) is 92.6 Å². The number of aldehydes is 1. The second-order valence-corrected chi connectivity index (χ2v) is 9.58. The number of rotatable bonds is 11. The van der Waals surface area contributed by atoms with Crippen LogP contribution in [0.1, 0.15) is 37.3 Å². The van der Waals surface area contributed by atoms with Gasteiger partial charge in [0, 0.05) is 13.1 Å². The monoisotopic (exact) mass is 517 g/mol. The largest absolute Gasteiger partial charge is 0.443 e. The van der Waals surface area contributed by atoms with Gasteiger partial charge in [0.1, 0.15) is 19.1 Å². The van der Waals surface area contributed by atoms with Gasteiger partial charge in [-0.05, 0) is 35.4 Å². The minimum atomic E-state index is -0.851. The van der Waals surface area contributed by atoms with Crippen molar-refractivity contribution in [3.05, 3.63) is 83.9 Å². The van der Waals surface area contributed by atoms with E-state index in [-0.39, 0.29) is 25.6 Å². The van der Waals surface area contributed by atoms with E-state index in [0.29, 0.717) is 19.3 Å². The number of ether oxygens (including phenoxy) is 1. The standard InChI is InChI=1S/C30H35N3O5/c1-3-4-17-27-29(35)32(18-19-34)28(21-31(2)20-23-11-6-5-7-12-23)33(38-27)30(36)37-22-25-15-10-14-24-13-8-9-16-26(24)25/h5-16,19,27-28H,3-4,17-18,20-22H2,1-2H3. The van der Waals surface area contributed by atoms with Crippen molar-refractivity contribution < 1.29 is 24.0 Å². The predicted molar refractivity (Wildman–Crippen MR) is 145 cm³/mol. The van der Waals surface area contributed by atoms with Gasteiger partial charge >= 0.3 is 6.09 Å². The molecule has 3 aromatic carbocycles. The fourth-order valence-corrected chi connectivity index (χ4v) is 4.77. The molecule has 0 N–H and O–H groups in total. The predicted octanol–water partition coefficient (Wildman–Crippen LogP) is 4.77. The van der Waals surface area contributed by atoms with E-state index in [1.807, 2.05) is 91.7 Å². The molecule has 8 heteroatoms. The van der Waals surface area contributed by atoms with Gasteiger partial charge in [0.15, 0.2) is 6.10 Å². The molecule has 4 rings (SSSR count). The van der Waals surface area contributed by atoms with Crippen molar-refractivity contribution in [1.29, 1.82) is 0 Å². The molecule has 38 heavy (non-hydrogen) atoms. The average Bonchev–Trinajstić information content (AvgIpc) is 2.93. The summed E-state index contributed by atoms with van der Waals surface area (Å²) in [5, 5.41) is 3.20. The first-order chi connectivity index (χ1) is 18.5. The summed E-state index contributed by atoms with van der Waals surface area (Å²) in [4.78, 5) is 47.8. The molecule has 2 atom stereocenters. The Morgan fingerprint density at radius 2 is 1.79 bits per heavy atom. The van der Waals surface area contributed by atoms with Gasteiger partial charge < -0.3 is 14.4 Å². The fourth-order valence-electron chi connectivity index (χ4n) is 4.77. The molecule has 0 bridgehead atoms. The highest BCUT2D eigenvalue weighted by Crippen LogP contribution is 2.25. The highest BCUT2D eigenvalue weighted by Gasteiger charge is 2.44. The van der Waals surface area contributed by atoms with E-state index in [1.165, 1.54) is 4.90 Å². The normalized spacial score (nSPS) is 17.7. The summed E-state index contributed by atoms with van der Waals surface area (Å²) in [5.74, 6) is -0.290. The first-order valence-corrected chi connectivity index (χ1v) is 13.1. The Labute approximate surface area is 223 Å². The lowest BCUT2D eigenvalue weighted by molar-refractivity contribution is -0.256. The molecule has 8 nitrogen and oxygen atoms in total. The average molecular weight is 518 g/mol. The van der Waals surface area contributed by atoms with Crippen molar-refractivity contribution in [3.63, 3.8) is 0 Å².